The maximum Gasteiger partial charge on any atom is 0.102 e. The van der Waals surface area contributed by atoms with Gasteiger partial charge in [-0.3, -0.25) is 0 Å². The fourth-order valence-electron chi connectivity index (χ4n) is 2.17. The first-order chi connectivity index (χ1) is 8.15. The van der Waals surface area contributed by atoms with Gasteiger partial charge >= 0.3 is 0 Å². The highest BCUT2D eigenvalue weighted by Crippen LogP contribution is 2.31. The van der Waals surface area contributed by atoms with Gasteiger partial charge in [0.1, 0.15) is 12.2 Å². The van der Waals surface area contributed by atoms with E-state index in [-0.39, 0.29) is 12.2 Å². The van der Waals surface area contributed by atoms with Crippen LogP contribution in [-0.2, 0) is 9.47 Å². The second kappa shape index (κ2) is 5.25. The number of anilines is 2. The summed E-state index contributed by atoms with van der Waals surface area (Å²) in [6.45, 7) is 1.66. The molecule has 1 aromatic rings. The van der Waals surface area contributed by atoms with Gasteiger partial charge in [-0.05, 0) is 34.1 Å². The number of halogens is 1. The summed E-state index contributed by atoms with van der Waals surface area (Å²) in [6, 6.07) is 5.84. The first-order valence-electron chi connectivity index (χ1n) is 5.51. The second-order valence-corrected chi connectivity index (χ2v) is 5.02. The fraction of sp³-hybridized carbons (Fsp3) is 0.500. The SMILES string of the molecule is COC1CN(c2ccc(N)cc2Br)CC1OC. The highest BCUT2D eigenvalue weighted by Gasteiger charge is 2.33. The van der Waals surface area contributed by atoms with Gasteiger partial charge in [0.25, 0.3) is 0 Å². The number of hydrogen-bond donors (Lipinski definition) is 1. The molecule has 0 aliphatic carbocycles. The van der Waals surface area contributed by atoms with Gasteiger partial charge in [0, 0.05) is 37.5 Å². The number of ether oxygens (including phenoxy) is 2. The standard InChI is InChI=1S/C12H17BrN2O2/c1-16-11-6-15(7-12(11)17-2)10-4-3-8(14)5-9(10)13/h3-5,11-12H,6-7,14H2,1-2H3. The summed E-state index contributed by atoms with van der Waals surface area (Å²) in [4.78, 5) is 2.24. The average Bonchev–Trinajstić information content (AvgIpc) is 2.72. The Kier molecular flexibility index (Phi) is 3.91. The summed E-state index contributed by atoms with van der Waals surface area (Å²) in [5.41, 5.74) is 7.62. The van der Waals surface area contributed by atoms with E-state index in [2.05, 4.69) is 20.8 Å². The van der Waals surface area contributed by atoms with E-state index < -0.39 is 0 Å². The van der Waals surface area contributed by atoms with Crippen LogP contribution in [-0.4, -0.2) is 39.5 Å². The normalized spacial score (nSPS) is 24.3. The maximum absolute atomic E-state index is 5.74. The average molecular weight is 301 g/mol. The quantitative estimate of drug-likeness (QED) is 0.866. The van der Waals surface area contributed by atoms with E-state index in [1.165, 1.54) is 0 Å². The van der Waals surface area contributed by atoms with Crippen LogP contribution in [0.2, 0.25) is 0 Å². The third-order valence-electron chi connectivity index (χ3n) is 3.13. The summed E-state index contributed by atoms with van der Waals surface area (Å²) in [6.07, 6.45) is 0.230. The van der Waals surface area contributed by atoms with Crippen molar-refractivity contribution in [1.82, 2.24) is 0 Å². The van der Waals surface area contributed by atoms with Crippen LogP contribution in [0.3, 0.4) is 0 Å². The minimum absolute atomic E-state index is 0.115. The van der Waals surface area contributed by atoms with Crippen LogP contribution in [0.5, 0.6) is 0 Å². The monoisotopic (exact) mass is 300 g/mol. The Balaban J connectivity index is 2.19. The molecule has 0 spiro atoms. The van der Waals surface area contributed by atoms with Gasteiger partial charge in [-0.25, -0.2) is 0 Å². The van der Waals surface area contributed by atoms with E-state index in [1.807, 2.05) is 18.2 Å². The molecule has 1 aliphatic heterocycles. The lowest BCUT2D eigenvalue weighted by Crippen LogP contribution is -2.27. The molecule has 5 heteroatoms. The molecule has 2 N–H and O–H groups in total. The summed E-state index contributed by atoms with van der Waals surface area (Å²) in [5.74, 6) is 0. The molecule has 94 valence electrons. The molecular weight excluding hydrogens is 284 g/mol. The largest absolute Gasteiger partial charge is 0.399 e. The van der Waals surface area contributed by atoms with Crippen LogP contribution in [0.25, 0.3) is 0 Å². The third kappa shape index (κ3) is 2.56. The Bertz CT molecular complexity index is 388. The molecule has 0 bridgehead atoms. The van der Waals surface area contributed by atoms with Gasteiger partial charge < -0.3 is 20.1 Å². The van der Waals surface area contributed by atoms with Gasteiger partial charge in [-0.2, -0.15) is 0 Å². The summed E-state index contributed by atoms with van der Waals surface area (Å²) in [7, 11) is 3.44. The molecule has 17 heavy (non-hydrogen) atoms. The lowest BCUT2D eigenvalue weighted by molar-refractivity contribution is -0.00461. The lowest BCUT2D eigenvalue weighted by atomic mass is 10.2. The molecule has 0 radical (unpaired) electrons. The van der Waals surface area contributed by atoms with Crippen LogP contribution in [0, 0.1) is 0 Å². The zero-order valence-corrected chi connectivity index (χ0v) is 11.6. The van der Waals surface area contributed by atoms with Crippen LogP contribution in [0.4, 0.5) is 11.4 Å². The number of nitrogen functional groups attached to an aromatic ring is 1. The maximum atomic E-state index is 5.74. The van der Waals surface area contributed by atoms with E-state index in [0.29, 0.717) is 0 Å². The number of rotatable bonds is 3. The summed E-state index contributed by atoms with van der Waals surface area (Å²) in [5, 5.41) is 0. The Morgan fingerprint density at radius 3 is 2.29 bits per heavy atom. The van der Waals surface area contributed by atoms with Crippen molar-refractivity contribution in [3.05, 3.63) is 22.7 Å². The van der Waals surface area contributed by atoms with Crippen molar-refractivity contribution in [2.24, 2.45) is 0 Å². The second-order valence-electron chi connectivity index (χ2n) is 4.16. The van der Waals surface area contributed by atoms with Crippen LogP contribution in [0.1, 0.15) is 0 Å². The Labute approximate surface area is 110 Å². The molecular formula is C12H17BrN2O2. The van der Waals surface area contributed by atoms with Crippen molar-refractivity contribution in [3.8, 4) is 0 Å². The molecule has 2 atom stereocenters. The molecule has 2 unspecified atom stereocenters. The van der Waals surface area contributed by atoms with E-state index in [1.54, 1.807) is 14.2 Å². The van der Waals surface area contributed by atoms with Gasteiger partial charge in [-0.15, -0.1) is 0 Å². The minimum Gasteiger partial charge on any atom is -0.399 e. The molecule has 1 fully saturated rings. The van der Waals surface area contributed by atoms with E-state index in [4.69, 9.17) is 15.2 Å². The highest BCUT2D eigenvalue weighted by atomic mass is 79.9. The number of benzene rings is 1. The first-order valence-corrected chi connectivity index (χ1v) is 6.30. The van der Waals surface area contributed by atoms with Crippen molar-refractivity contribution in [3.63, 3.8) is 0 Å². The topological polar surface area (TPSA) is 47.7 Å². The molecule has 1 heterocycles. The van der Waals surface area contributed by atoms with E-state index >= 15 is 0 Å². The number of hydrogen-bond acceptors (Lipinski definition) is 4. The van der Waals surface area contributed by atoms with Crippen LogP contribution >= 0.6 is 15.9 Å². The van der Waals surface area contributed by atoms with Crippen molar-refractivity contribution in [2.75, 3.05) is 37.9 Å². The zero-order chi connectivity index (χ0) is 12.4. The molecule has 1 aromatic carbocycles. The molecule has 1 saturated heterocycles. The van der Waals surface area contributed by atoms with Gasteiger partial charge in [0.15, 0.2) is 0 Å². The van der Waals surface area contributed by atoms with Crippen LogP contribution in [0.15, 0.2) is 22.7 Å². The van der Waals surface area contributed by atoms with Crippen molar-refractivity contribution >= 4 is 27.3 Å². The smallest absolute Gasteiger partial charge is 0.102 e. The predicted octanol–water partition coefficient (Wildman–Crippen LogP) is 1.88. The predicted molar refractivity (Wildman–Crippen MR) is 72.4 cm³/mol. The van der Waals surface area contributed by atoms with E-state index in [0.717, 1.165) is 28.9 Å². The van der Waals surface area contributed by atoms with Gasteiger partial charge in [0.05, 0.1) is 5.69 Å². The highest BCUT2D eigenvalue weighted by molar-refractivity contribution is 9.10. The number of nitrogens with zero attached hydrogens (tertiary/aromatic N) is 1. The summed E-state index contributed by atoms with van der Waals surface area (Å²) < 4.78 is 11.9. The summed E-state index contributed by atoms with van der Waals surface area (Å²) >= 11 is 3.54. The number of methoxy groups -OCH3 is 2. The zero-order valence-electron chi connectivity index (χ0n) is 10.0. The minimum atomic E-state index is 0.115. The van der Waals surface area contributed by atoms with Gasteiger partial charge in [0.2, 0.25) is 0 Å². The third-order valence-corrected chi connectivity index (χ3v) is 3.77. The van der Waals surface area contributed by atoms with E-state index in [9.17, 15) is 0 Å². The fourth-order valence-corrected chi connectivity index (χ4v) is 2.82. The lowest BCUT2D eigenvalue weighted by Gasteiger charge is -2.19. The first kappa shape index (κ1) is 12.7. The molecule has 0 saturated carbocycles. The molecule has 0 aromatic heterocycles. The Hall–Kier alpha value is -0.780. The van der Waals surface area contributed by atoms with Crippen molar-refractivity contribution in [2.45, 2.75) is 12.2 Å². The number of nitrogens with two attached hydrogens (primary N) is 1. The van der Waals surface area contributed by atoms with Crippen LogP contribution < -0.4 is 10.6 Å². The van der Waals surface area contributed by atoms with Gasteiger partial charge in [-0.1, -0.05) is 0 Å². The molecule has 2 rings (SSSR count). The van der Waals surface area contributed by atoms with Crippen molar-refractivity contribution < 1.29 is 9.47 Å². The van der Waals surface area contributed by atoms with Crippen molar-refractivity contribution in [1.29, 1.82) is 0 Å². The molecule has 0 amide bonds. The molecule has 4 nitrogen and oxygen atoms in total. The molecule has 1 aliphatic rings. The Morgan fingerprint density at radius 1 is 1.24 bits per heavy atom. The Morgan fingerprint density at radius 2 is 1.82 bits per heavy atom.